The summed E-state index contributed by atoms with van der Waals surface area (Å²) < 4.78 is 38.1. The van der Waals surface area contributed by atoms with Gasteiger partial charge in [0.25, 0.3) is 5.91 Å². The summed E-state index contributed by atoms with van der Waals surface area (Å²) in [5.41, 5.74) is 2.94. The number of carbonyl (C=O) groups excluding carboxylic acids is 1. The Morgan fingerprint density at radius 1 is 1.00 bits per heavy atom. The molecule has 0 spiro atoms. The van der Waals surface area contributed by atoms with Gasteiger partial charge >= 0.3 is 0 Å². The molecule has 2 aliphatic rings. The summed E-state index contributed by atoms with van der Waals surface area (Å²) in [7, 11) is -2.12. The van der Waals surface area contributed by atoms with E-state index >= 15 is 0 Å². The number of hydrogen-bond donors (Lipinski definition) is 1. The van der Waals surface area contributed by atoms with Crippen LogP contribution in [0.5, 0.6) is 11.5 Å². The van der Waals surface area contributed by atoms with Crippen LogP contribution in [-0.2, 0) is 27.7 Å². The second kappa shape index (κ2) is 9.28. The number of aryl methyl sites for hydroxylation is 2. The monoisotopic (exact) mass is 444 g/mol. The molecule has 8 heteroatoms. The summed E-state index contributed by atoms with van der Waals surface area (Å²) >= 11 is 0. The molecule has 4 rings (SSSR count). The van der Waals surface area contributed by atoms with Crippen molar-refractivity contribution in [3.05, 3.63) is 47.5 Å². The van der Waals surface area contributed by atoms with E-state index in [4.69, 9.17) is 9.47 Å². The van der Waals surface area contributed by atoms with Gasteiger partial charge in [-0.15, -0.1) is 0 Å². The SMILES string of the molecule is COc1ccc(S(=O)(=O)N2CCCC2)cc1NC(=O)COc1ccc2c(c1)CCCC2. The van der Waals surface area contributed by atoms with Gasteiger partial charge in [0.15, 0.2) is 6.61 Å². The van der Waals surface area contributed by atoms with E-state index in [2.05, 4.69) is 11.4 Å². The molecule has 1 saturated heterocycles. The Hall–Kier alpha value is -2.58. The van der Waals surface area contributed by atoms with Gasteiger partial charge in [0, 0.05) is 13.1 Å². The van der Waals surface area contributed by atoms with Crippen molar-refractivity contribution in [3.8, 4) is 11.5 Å². The van der Waals surface area contributed by atoms with Crippen LogP contribution in [-0.4, -0.2) is 45.4 Å². The fourth-order valence-electron chi connectivity index (χ4n) is 4.16. The average Bonchev–Trinajstić information content (AvgIpc) is 3.33. The molecule has 1 amide bonds. The highest BCUT2D eigenvalue weighted by molar-refractivity contribution is 7.89. The lowest BCUT2D eigenvalue weighted by molar-refractivity contribution is -0.118. The van der Waals surface area contributed by atoms with Crippen LogP contribution in [0.4, 0.5) is 5.69 Å². The zero-order chi connectivity index (χ0) is 21.8. The van der Waals surface area contributed by atoms with Crippen LogP contribution in [0.1, 0.15) is 36.8 Å². The van der Waals surface area contributed by atoms with Gasteiger partial charge in [0.1, 0.15) is 11.5 Å². The fraction of sp³-hybridized carbons (Fsp3) is 0.435. The number of carbonyl (C=O) groups is 1. The predicted octanol–water partition coefficient (Wildman–Crippen LogP) is 3.38. The molecular formula is C23H28N2O5S. The second-order valence-electron chi connectivity index (χ2n) is 7.95. The fourth-order valence-corrected chi connectivity index (χ4v) is 5.70. The zero-order valence-corrected chi connectivity index (χ0v) is 18.5. The highest BCUT2D eigenvalue weighted by Gasteiger charge is 2.28. The summed E-state index contributed by atoms with van der Waals surface area (Å²) in [6.45, 7) is 0.861. The summed E-state index contributed by atoms with van der Waals surface area (Å²) in [5, 5.41) is 2.73. The summed E-state index contributed by atoms with van der Waals surface area (Å²) in [6, 6.07) is 10.5. The van der Waals surface area contributed by atoms with Gasteiger partial charge in [-0.25, -0.2) is 8.42 Å². The van der Waals surface area contributed by atoms with Gasteiger partial charge in [0.05, 0.1) is 17.7 Å². The third kappa shape index (κ3) is 4.85. The number of amides is 1. The molecule has 0 unspecified atom stereocenters. The minimum absolute atomic E-state index is 0.140. The molecule has 0 saturated carbocycles. The first-order valence-electron chi connectivity index (χ1n) is 10.7. The van der Waals surface area contributed by atoms with Crippen molar-refractivity contribution in [1.82, 2.24) is 4.31 Å². The molecule has 1 fully saturated rings. The zero-order valence-electron chi connectivity index (χ0n) is 17.7. The summed E-state index contributed by atoms with van der Waals surface area (Å²) in [4.78, 5) is 12.6. The first kappa shape index (κ1) is 21.6. The Labute approximate surface area is 183 Å². The Morgan fingerprint density at radius 2 is 1.74 bits per heavy atom. The van der Waals surface area contributed by atoms with Crippen LogP contribution < -0.4 is 14.8 Å². The number of fused-ring (bicyclic) bond motifs is 1. The van der Waals surface area contributed by atoms with E-state index in [1.165, 1.54) is 47.5 Å². The quantitative estimate of drug-likeness (QED) is 0.708. The number of anilines is 1. The van der Waals surface area contributed by atoms with E-state index < -0.39 is 10.0 Å². The Bertz CT molecular complexity index is 1060. The molecule has 7 nitrogen and oxygen atoms in total. The van der Waals surface area contributed by atoms with Crippen molar-refractivity contribution in [2.24, 2.45) is 0 Å². The van der Waals surface area contributed by atoms with E-state index in [1.807, 2.05) is 12.1 Å². The average molecular weight is 445 g/mol. The Balaban J connectivity index is 1.44. The van der Waals surface area contributed by atoms with Crippen LogP contribution in [0.3, 0.4) is 0 Å². The smallest absolute Gasteiger partial charge is 0.262 e. The molecular weight excluding hydrogens is 416 g/mol. The van der Waals surface area contributed by atoms with Gasteiger partial charge in [0.2, 0.25) is 10.0 Å². The van der Waals surface area contributed by atoms with Crippen LogP contribution in [0.25, 0.3) is 0 Å². The first-order valence-corrected chi connectivity index (χ1v) is 12.1. The number of rotatable bonds is 7. The molecule has 2 aromatic carbocycles. The molecule has 0 radical (unpaired) electrons. The van der Waals surface area contributed by atoms with E-state index in [9.17, 15) is 13.2 Å². The number of ether oxygens (including phenoxy) is 2. The van der Waals surface area contributed by atoms with Crippen molar-refractivity contribution in [3.63, 3.8) is 0 Å². The number of hydrogen-bond acceptors (Lipinski definition) is 5. The summed E-state index contributed by atoms with van der Waals surface area (Å²) in [6.07, 6.45) is 6.23. The van der Waals surface area contributed by atoms with Crippen molar-refractivity contribution >= 4 is 21.6 Å². The molecule has 31 heavy (non-hydrogen) atoms. The number of methoxy groups -OCH3 is 1. The van der Waals surface area contributed by atoms with Gasteiger partial charge in [-0.05, 0) is 80.0 Å². The maximum absolute atomic E-state index is 12.8. The summed E-state index contributed by atoms with van der Waals surface area (Å²) in [5.74, 6) is 0.669. The molecule has 166 valence electrons. The molecule has 0 atom stereocenters. The van der Waals surface area contributed by atoms with E-state index in [0.717, 1.165) is 25.7 Å². The van der Waals surface area contributed by atoms with Crippen LogP contribution in [0.2, 0.25) is 0 Å². The van der Waals surface area contributed by atoms with Crippen molar-refractivity contribution in [2.75, 3.05) is 32.1 Å². The van der Waals surface area contributed by atoms with Crippen LogP contribution in [0.15, 0.2) is 41.3 Å². The molecule has 1 aliphatic carbocycles. The van der Waals surface area contributed by atoms with Crippen LogP contribution >= 0.6 is 0 Å². The lowest BCUT2D eigenvalue weighted by Crippen LogP contribution is -2.28. The van der Waals surface area contributed by atoms with Gasteiger partial charge in [-0.3, -0.25) is 4.79 Å². The number of sulfonamides is 1. The first-order chi connectivity index (χ1) is 15.0. The van der Waals surface area contributed by atoms with Gasteiger partial charge in [-0.2, -0.15) is 4.31 Å². The predicted molar refractivity (Wildman–Crippen MR) is 118 cm³/mol. The van der Waals surface area contributed by atoms with Gasteiger partial charge in [-0.1, -0.05) is 6.07 Å². The minimum atomic E-state index is -3.59. The standard InChI is InChI=1S/C23H28N2O5S/c1-29-22-11-10-20(31(27,28)25-12-4-5-13-25)15-21(22)24-23(26)16-30-19-9-8-17-6-2-3-7-18(17)14-19/h8-11,14-15H,2-7,12-13,16H2,1H3,(H,24,26). The third-order valence-electron chi connectivity index (χ3n) is 5.84. The highest BCUT2D eigenvalue weighted by Crippen LogP contribution is 2.30. The normalized spacial score (nSPS) is 16.5. The number of nitrogens with one attached hydrogen (secondary N) is 1. The second-order valence-corrected chi connectivity index (χ2v) is 9.89. The minimum Gasteiger partial charge on any atom is -0.495 e. The largest absolute Gasteiger partial charge is 0.495 e. The lowest BCUT2D eigenvalue weighted by atomic mass is 9.92. The van der Waals surface area contributed by atoms with Crippen molar-refractivity contribution in [1.29, 1.82) is 0 Å². The number of benzene rings is 2. The van der Waals surface area contributed by atoms with Crippen molar-refractivity contribution in [2.45, 2.75) is 43.4 Å². The molecule has 1 N–H and O–H groups in total. The topological polar surface area (TPSA) is 84.9 Å². The lowest BCUT2D eigenvalue weighted by Gasteiger charge is -2.18. The maximum Gasteiger partial charge on any atom is 0.262 e. The van der Waals surface area contributed by atoms with E-state index in [-0.39, 0.29) is 17.4 Å². The molecule has 1 aliphatic heterocycles. The van der Waals surface area contributed by atoms with E-state index in [1.54, 1.807) is 6.07 Å². The third-order valence-corrected chi connectivity index (χ3v) is 7.73. The Morgan fingerprint density at radius 3 is 2.48 bits per heavy atom. The molecule has 0 aromatic heterocycles. The maximum atomic E-state index is 12.8. The number of nitrogens with zero attached hydrogens (tertiary/aromatic N) is 1. The van der Waals surface area contributed by atoms with Gasteiger partial charge < -0.3 is 14.8 Å². The van der Waals surface area contributed by atoms with Crippen LogP contribution in [0, 0.1) is 0 Å². The molecule has 0 bridgehead atoms. The van der Waals surface area contributed by atoms with E-state index in [0.29, 0.717) is 30.3 Å². The molecule has 2 aromatic rings. The molecule has 1 heterocycles. The highest BCUT2D eigenvalue weighted by atomic mass is 32.2. The Kier molecular flexibility index (Phi) is 6.48. The van der Waals surface area contributed by atoms with Crippen molar-refractivity contribution < 1.29 is 22.7 Å².